The highest BCUT2D eigenvalue weighted by molar-refractivity contribution is 6.33. The Morgan fingerprint density at radius 1 is 1.06 bits per heavy atom. The third-order valence-corrected chi connectivity index (χ3v) is 6.70. The van der Waals surface area contributed by atoms with Crippen molar-refractivity contribution in [1.29, 1.82) is 0 Å². The van der Waals surface area contributed by atoms with E-state index in [1.54, 1.807) is 0 Å². The highest BCUT2D eigenvalue weighted by atomic mass is 35.5. The molecule has 170 valence electrons. The van der Waals surface area contributed by atoms with Crippen LogP contribution in [0, 0.1) is 5.92 Å². The molecule has 1 heterocycles. The number of carbonyl (C=O) groups excluding carboxylic acids is 2. The summed E-state index contributed by atoms with van der Waals surface area (Å²) in [5, 5.41) is 2.82. The molecule has 2 aromatic carbocycles. The first kappa shape index (κ1) is 22.6. The summed E-state index contributed by atoms with van der Waals surface area (Å²) < 4.78 is 38.9. The van der Waals surface area contributed by atoms with Crippen molar-refractivity contribution in [3.05, 3.63) is 69.7 Å². The van der Waals surface area contributed by atoms with E-state index in [-0.39, 0.29) is 22.5 Å². The second-order valence-corrected chi connectivity index (χ2v) is 9.01. The number of fused-ring (bicyclic) bond motifs is 1. The zero-order valence-corrected chi connectivity index (χ0v) is 18.2. The first-order valence-corrected chi connectivity index (χ1v) is 11.1. The largest absolute Gasteiger partial charge is 0.416 e. The molecule has 0 saturated heterocycles. The number of halogens is 4. The number of hydrogen-bond acceptors (Lipinski definition) is 2. The number of amides is 2. The Hall–Kier alpha value is -2.54. The summed E-state index contributed by atoms with van der Waals surface area (Å²) in [4.78, 5) is 27.0. The first-order valence-electron chi connectivity index (χ1n) is 10.7. The van der Waals surface area contributed by atoms with Crippen molar-refractivity contribution in [2.24, 2.45) is 5.92 Å². The van der Waals surface area contributed by atoms with Gasteiger partial charge in [0.05, 0.1) is 22.6 Å². The van der Waals surface area contributed by atoms with Gasteiger partial charge in [-0.2, -0.15) is 13.2 Å². The fourth-order valence-electron chi connectivity index (χ4n) is 4.56. The molecule has 0 unspecified atom stereocenters. The van der Waals surface area contributed by atoms with Gasteiger partial charge in [-0.05, 0) is 60.9 Å². The number of alkyl halides is 3. The van der Waals surface area contributed by atoms with Crippen LogP contribution in [0.4, 0.5) is 13.2 Å². The third kappa shape index (κ3) is 5.09. The normalized spacial score (nSPS) is 21.2. The maximum Gasteiger partial charge on any atom is 0.416 e. The fraction of sp³-hybridized carbons (Fsp3) is 0.417. The van der Waals surface area contributed by atoms with Crippen LogP contribution in [0.5, 0.6) is 0 Å². The van der Waals surface area contributed by atoms with E-state index in [1.807, 2.05) is 23.1 Å². The van der Waals surface area contributed by atoms with Gasteiger partial charge in [0.15, 0.2) is 0 Å². The predicted molar refractivity (Wildman–Crippen MR) is 115 cm³/mol. The average molecular weight is 465 g/mol. The Morgan fingerprint density at radius 2 is 1.75 bits per heavy atom. The smallest absolute Gasteiger partial charge is 0.349 e. The summed E-state index contributed by atoms with van der Waals surface area (Å²) in [6.45, 7) is 1.31. The summed E-state index contributed by atoms with van der Waals surface area (Å²) in [5.74, 6) is -0.111. The SMILES string of the molecule is O=C(N[C@H]1CC[C@H](CN2Cc3ccccc3CC2=O)CC1)c1cc(C(F)(F)F)ccc1Cl. The van der Waals surface area contributed by atoms with Crippen LogP contribution in [0.25, 0.3) is 0 Å². The fourth-order valence-corrected chi connectivity index (χ4v) is 4.76. The molecule has 0 spiro atoms. The second-order valence-electron chi connectivity index (χ2n) is 8.60. The summed E-state index contributed by atoms with van der Waals surface area (Å²) in [5.41, 5.74) is 1.21. The first-order chi connectivity index (χ1) is 15.2. The van der Waals surface area contributed by atoms with Crippen LogP contribution in [-0.4, -0.2) is 29.3 Å². The molecule has 0 bridgehead atoms. The highest BCUT2D eigenvalue weighted by Crippen LogP contribution is 2.32. The molecular formula is C24H24ClF3N2O2. The quantitative estimate of drug-likeness (QED) is 0.673. The van der Waals surface area contributed by atoms with Crippen molar-refractivity contribution in [1.82, 2.24) is 10.2 Å². The van der Waals surface area contributed by atoms with Crippen molar-refractivity contribution < 1.29 is 22.8 Å². The number of rotatable bonds is 4. The molecule has 2 amide bonds. The van der Waals surface area contributed by atoms with Crippen LogP contribution >= 0.6 is 11.6 Å². The minimum Gasteiger partial charge on any atom is -0.349 e. The van der Waals surface area contributed by atoms with Crippen molar-refractivity contribution in [2.45, 2.75) is 50.9 Å². The highest BCUT2D eigenvalue weighted by Gasteiger charge is 2.32. The zero-order chi connectivity index (χ0) is 22.9. The summed E-state index contributed by atoms with van der Waals surface area (Å²) in [6.07, 6.45) is -1.000. The van der Waals surface area contributed by atoms with Gasteiger partial charge in [-0.15, -0.1) is 0 Å². The third-order valence-electron chi connectivity index (χ3n) is 6.37. The molecule has 1 saturated carbocycles. The van der Waals surface area contributed by atoms with E-state index in [4.69, 9.17) is 11.6 Å². The summed E-state index contributed by atoms with van der Waals surface area (Å²) >= 11 is 5.97. The Labute approximate surface area is 189 Å². The molecular weight excluding hydrogens is 441 g/mol. The maximum absolute atomic E-state index is 13.0. The number of benzene rings is 2. The Balaban J connectivity index is 1.31. The van der Waals surface area contributed by atoms with E-state index in [0.29, 0.717) is 38.3 Å². The summed E-state index contributed by atoms with van der Waals surface area (Å²) in [7, 11) is 0. The van der Waals surface area contributed by atoms with Gasteiger partial charge in [0.2, 0.25) is 5.91 Å². The lowest BCUT2D eigenvalue weighted by Crippen LogP contribution is -2.42. The van der Waals surface area contributed by atoms with E-state index in [9.17, 15) is 22.8 Å². The van der Waals surface area contributed by atoms with Crippen molar-refractivity contribution in [3.63, 3.8) is 0 Å². The van der Waals surface area contributed by atoms with Gasteiger partial charge < -0.3 is 10.2 Å². The van der Waals surface area contributed by atoms with Crippen LogP contribution in [0.15, 0.2) is 42.5 Å². The monoisotopic (exact) mass is 464 g/mol. The molecule has 1 fully saturated rings. The molecule has 1 aliphatic carbocycles. The lowest BCUT2D eigenvalue weighted by atomic mass is 9.85. The van der Waals surface area contributed by atoms with E-state index in [1.165, 1.54) is 5.56 Å². The zero-order valence-electron chi connectivity index (χ0n) is 17.4. The maximum atomic E-state index is 13.0. The lowest BCUT2D eigenvalue weighted by molar-refractivity contribution is -0.137. The minimum atomic E-state index is -4.54. The molecule has 2 aliphatic rings. The lowest BCUT2D eigenvalue weighted by Gasteiger charge is -2.35. The van der Waals surface area contributed by atoms with Crippen LogP contribution in [-0.2, 0) is 23.9 Å². The van der Waals surface area contributed by atoms with Crippen LogP contribution in [0.2, 0.25) is 5.02 Å². The van der Waals surface area contributed by atoms with E-state index >= 15 is 0 Å². The van der Waals surface area contributed by atoms with E-state index < -0.39 is 17.6 Å². The van der Waals surface area contributed by atoms with Gasteiger partial charge in [-0.25, -0.2) is 0 Å². The van der Waals surface area contributed by atoms with Gasteiger partial charge in [0.25, 0.3) is 5.91 Å². The molecule has 1 aliphatic heterocycles. The molecule has 2 aromatic rings. The molecule has 32 heavy (non-hydrogen) atoms. The Morgan fingerprint density at radius 3 is 2.44 bits per heavy atom. The second kappa shape index (κ2) is 9.14. The Bertz CT molecular complexity index is 1020. The van der Waals surface area contributed by atoms with Gasteiger partial charge >= 0.3 is 6.18 Å². The number of hydrogen-bond donors (Lipinski definition) is 1. The average Bonchev–Trinajstić information content (AvgIpc) is 2.75. The minimum absolute atomic E-state index is 0.00641. The van der Waals surface area contributed by atoms with Gasteiger partial charge in [-0.1, -0.05) is 35.9 Å². The van der Waals surface area contributed by atoms with Gasteiger partial charge in [-0.3, -0.25) is 9.59 Å². The van der Waals surface area contributed by atoms with Crippen molar-refractivity contribution in [3.8, 4) is 0 Å². The van der Waals surface area contributed by atoms with Gasteiger partial charge in [0, 0.05) is 19.1 Å². The number of nitrogens with zero attached hydrogens (tertiary/aromatic N) is 1. The summed E-state index contributed by atoms with van der Waals surface area (Å²) in [6, 6.07) is 10.6. The van der Waals surface area contributed by atoms with Crippen LogP contribution in [0.1, 0.15) is 52.7 Å². The van der Waals surface area contributed by atoms with E-state index in [2.05, 4.69) is 11.4 Å². The van der Waals surface area contributed by atoms with Gasteiger partial charge in [0.1, 0.15) is 0 Å². The molecule has 4 nitrogen and oxygen atoms in total. The topological polar surface area (TPSA) is 49.4 Å². The van der Waals surface area contributed by atoms with E-state index in [0.717, 1.165) is 36.6 Å². The molecule has 0 aromatic heterocycles. The predicted octanol–water partition coefficient (Wildman–Crippen LogP) is 5.23. The van der Waals surface area contributed by atoms with Crippen molar-refractivity contribution in [2.75, 3.05) is 6.54 Å². The van der Waals surface area contributed by atoms with Crippen LogP contribution in [0.3, 0.4) is 0 Å². The van der Waals surface area contributed by atoms with Crippen LogP contribution < -0.4 is 5.32 Å². The number of carbonyl (C=O) groups is 2. The Kier molecular flexibility index (Phi) is 6.47. The molecule has 0 radical (unpaired) electrons. The molecule has 0 atom stereocenters. The molecule has 4 rings (SSSR count). The molecule has 1 N–H and O–H groups in total. The molecule has 8 heteroatoms. The standard InChI is InChI=1S/C24H24ClF3N2O2/c25-21-10-7-18(24(26,27)28)12-20(21)23(32)29-19-8-5-15(6-9-19)13-30-14-17-4-2-1-3-16(17)11-22(30)31/h1-4,7,10,12,15,19H,5-6,8-9,11,13-14H2,(H,29,32)/t15-,19-. The number of nitrogens with one attached hydrogen (secondary N) is 1. The van der Waals surface area contributed by atoms with Crippen molar-refractivity contribution >= 4 is 23.4 Å².